The molecule has 2 rings (SSSR count). The van der Waals surface area contributed by atoms with E-state index >= 15 is 0 Å². The first-order valence-electron chi connectivity index (χ1n) is 7.70. The summed E-state index contributed by atoms with van der Waals surface area (Å²) in [6.45, 7) is 1.77. The number of benzene rings is 2. The van der Waals surface area contributed by atoms with Crippen molar-refractivity contribution in [2.45, 2.75) is 6.92 Å². The lowest BCUT2D eigenvalue weighted by atomic mass is 10.1. The van der Waals surface area contributed by atoms with Gasteiger partial charge >= 0.3 is 5.97 Å². The number of hydrogen-bond donors (Lipinski definition) is 1. The van der Waals surface area contributed by atoms with Gasteiger partial charge in [0.2, 0.25) is 0 Å². The molecule has 1 amide bonds. The van der Waals surface area contributed by atoms with E-state index in [1.165, 1.54) is 31.4 Å². The molecule has 0 bridgehead atoms. The molecule has 0 atom stereocenters. The van der Waals surface area contributed by atoms with E-state index in [0.29, 0.717) is 16.9 Å². The van der Waals surface area contributed by atoms with Crippen LogP contribution in [0.1, 0.15) is 26.3 Å². The fourth-order valence-corrected chi connectivity index (χ4v) is 2.39. The van der Waals surface area contributed by atoms with Crippen molar-refractivity contribution in [3.05, 3.63) is 63.2 Å². The number of nitrogens with one attached hydrogen (secondary N) is 1. The van der Waals surface area contributed by atoms with Crippen LogP contribution < -0.4 is 10.2 Å². The highest BCUT2D eigenvalue weighted by molar-refractivity contribution is 6.06. The minimum absolute atomic E-state index is 0.144. The van der Waals surface area contributed by atoms with Crippen molar-refractivity contribution in [2.24, 2.45) is 0 Å². The van der Waals surface area contributed by atoms with Crippen LogP contribution in [0.2, 0.25) is 0 Å². The molecule has 8 nitrogen and oxygen atoms in total. The average Bonchev–Trinajstić information content (AvgIpc) is 2.62. The Bertz CT molecular complexity index is 877. The number of nitro benzene ring substituents is 1. The first kappa shape index (κ1) is 18.9. The predicted molar refractivity (Wildman–Crippen MR) is 97.9 cm³/mol. The van der Waals surface area contributed by atoms with Crippen LogP contribution in [0.4, 0.5) is 17.1 Å². The Morgan fingerprint density at radius 1 is 1.12 bits per heavy atom. The van der Waals surface area contributed by atoms with Crippen molar-refractivity contribution in [3.8, 4) is 0 Å². The predicted octanol–water partition coefficient (Wildman–Crippen LogP) is 3.01. The second-order valence-electron chi connectivity index (χ2n) is 5.83. The molecule has 0 aromatic heterocycles. The number of nitrogens with zero attached hydrogens (tertiary/aromatic N) is 2. The first-order valence-corrected chi connectivity index (χ1v) is 7.70. The summed E-state index contributed by atoms with van der Waals surface area (Å²) in [5, 5.41) is 13.9. The van der Waals surface area contributed by atoms with E-state index in [4.69, 9.17) is 0 Å². The molecule has 0 spiro atoms. The van der Waals surface area contributed by atoms with Crippen LogP contribution >= 0.6 is 0 Å². The Morgan fingerprint density at radius 3 is 2.35 bits per heavy atom. The fraction of sp³-hybridized carbons (Fsp3) is 0.222. The highest BCUT2D eigenvalue weighted by Crippen LogP contribution is 2.28. The summed E-state index contributed by atoms with van der Waals surface area (Å²) in [5.41, 5.74) is 1.84. The minimum atomic E-state index is -0.533. The van der Waals surface area contributed by atoms with Gasteiger partial charge in [0.15, 0.2) is 0 Å². The summed E-state index contributed by atoms with van der Waals surface area (Å²) in [5.74, 6) is -1.03. The second kappa shape index (κ2) is 7.64. The number of aryl methyl sites for hydroxylation is 1. The summed E-state index contributed by atoms with van der Waals surface area (Å²) < 4.78 is 4.67. The maximum atomic E-state index is 12.5. The topological polar surface area (TPSA) is 102 Å². The second-order valence-corrected chi connectivity index (χ2v) is 5.83. The third kappa shape index (κ3) is 3.97. The molecule has 0 aliphatic carbocycles. The van der Waals surface area contributed by atoms with E-state index in [0.717, 1.165) is 5.56 Å². The number of esters is 1. The molecule has 0 radical (unpaired) electrons. The number of carbonyl (C=O) groups is 2. The molecule has 2 aromatic rings. The molecule has 0 aliphatic rings. The maximum Gasteiger partial charge on any atom is 0.337 e. The molecule has 8 heteroatoms. The summed E-state index contributed by atoms with van der Waals surface area (Å²) >= 11 is 0. The van der Waals surface area contributed by atoms with E-state index in [9.17, 15) is 19.7 Å². The Kier molecular flexibility index (Phi) is 5.56. The normalized spacial score (nSPS) is 10.2. The fourth-order valence-electron chi connectivity index (χ4n) is 2.39. The van der Waals surface area contributed by atoms with Crippen molar-refractivity contribution in [1.82, 2.24) is 0 Å². The third-order valence-corrected chi connectivity index (χ3v) is 3.82. The van der Waals surface area contributed by atoms with E-state index in [1.54, 1.807) is 38.1 Å². The van der Waals surface area contributed by atoms with E-state index in [1.807, 2.05) is 0 Å². The minimum Gasteiger partial charge on any atom is -0.465 e. The lowest BCUT2D eigenvalue weighted by molar-refractivity contribution is -0.384. The van der Waals surface area contributed by atoms with E-state index in [-0.39, 0.29) is 11.3 Å². The van der Waals surface area contributed by atoms with Gasteiger partial charge < -0.3 is 15.0 Å². The quantitative estimate of drug-likeness (QED) is 0.501. The van der Waals surface area contributed by atoms with Crippen LogP contribution in [0, 0.1) is 17.0 Å². The summed E-state index contributed by atoms with van der Waals surface area (Å²) in [4.78, 5) is 36.5. The Morgan fingerprint density at radius 2 is 1.77 bits per heavy atom. The monoisotopic (exact) mass is 357 g/mol. The lowest BCUT2D eigenvalue weighted by Crippen LogP contribution is -2.16. The molecule has 0 fully saturated rings. The Hall–Kier alpha value is -3.42. The van der Waals surface area contributed by atoms with Gasteiger partial charge in [0, 0.05) is 31.4 Å². The van der Waals surface area contributed by atoms with Crippen molar-refractivity contribution in [1.29, 1.82) is 0 Å². The van der Waals surface area contributed by atoms with Crippen LogP contribution in [0.15, 0.2) is 36.4 Å². The molecule has 0 saturated heterocycles. The SMILES string of the molecule is COC(=O)c1ccc(C)c(NC(=O)c2ccc(N(C)C)c([N+](=O)[O-])c2)c1. The zero-order chi connectivity index (χ0) is 19.4. The summed E-state index contributed by atoms with van der Waals surface area (Å²) in [6.07, 6.45) is 0. The van der Waals surface area contributed by atoms with Crippen molar-refractivity contribution < 1.29 is 19.2 Å². The van der Waals surface area contributed by atoms with Gasteiger partial charge in [0.1, 0.15) is 5.69 Å². The van der Waals surface area contributed by atoms with Crippen LogP contribution in [0.5, 0.6) is 0 Å². The molecule has 0 aliphatic heterocycles. The standard InChI is InChI=1S/C18H19N3O5/c1-11-5-6-13(18(23)26-4)9-14(11)19-17(22)12-7-8-15(20(2)3)16(10-12)21(24)25/h5-10H,1-4H3,(H,19,22). The molecule has 1 N–H and O–H groups in total. The largest absolute Gasteiger partial charge is 0.465 e. The van der Waals surface area contributed by atoms with Gasteiger partial charge in [-0.1, -0.05) is 6.07 Å². The molecule has 136 valence electrons. The highest BCUT2D eigenvalue weighted by atomic mass is 16.6. The number of carbonyl (C=O) groups excluding carboxylic acids is 2. The van der Waals surface area contributed by atoms with E-state index < -0.39 is 16.8 Å². The van der Waals surface area contributed by atoms with Crippen LogP contribution in [0.3, 0.4) is 0 Å². The van der Waals surface area contributed by atoms with Crippen molar-refractivity contribution in [2.75, 3.05) is 31.4 Å². The number of ether oxygens (including phenoxy) is 1. The smallest absolute Gasteiger partial charge is 0.337 e. The number of nitro groups is 1. The molecular formula is C18H19N3O5. The zero-order valence-electron chi connectivity index (χ0n) is 14.9. The number of methoxy groups -OCH3 is 1. The molecule has 0 heterocycles. The van der Waals surface area contributed by atoms with E-state index in [2.05, 4.69) is 10.1 Å². The number of rotatable bonds is 5. The molecule has 26 heavy (non-hydrogen) atoms. The van der Waals surface area contributed by atoms with Gasteiger partial charge in [-0.25, -0.2) is 4.79 Å². The Labute approximate surface area is 150 Å². The summed E-state index contributed by atoms with van der Waals surface area (Å²) in [6, 6.07) is 9.03. The van der Waals surface area contributed by atoms with Crippen LogP contribution in [0.25, 0.3) is 0 Å². The molecular weight excluding hydrogens is 338 g/mol. The molecule has 2 aromatic carbocycles. The van der Waals surface area contributed by atoms with Gasteiger partial charge in [-0.05, 0) is 36.8 Å². The summed E-state index contributed by atoms with van der Waals surface area (Å²) in [7, 11) is 4.64. The first-order chi connectivity index (χ1) is 12.2. The number of amides is 1. The van der Waals surface area contributed by atoms with Gasteiger partial charge in [-0.2, -0.15) is 0 Å². The van der Waals surface area contributed by atoms with Gasteiger partial charge in [-0.15, -0.1) is 0 Å². The van der Waals surface area contributed by atoms with Crippen molar-refractivity contribution in [3.63, 3.8) is 0 Å². The van der Waals surface area contributed by atoms with Crippen LogP contribution in [-0.4, -0.2) is 38.0 Å². The zero-order valence-corrected chi connectivity index (χ0v) is 14.9. The van der Waals surface area contributed by atoms with Gasteiger partial charge in [-0.3, -0.25) is 14.9 Å². The van der Waals surface area contributed by atoms with Gasteiger partial charge in [0.25, 0.3) is 11.6 Å². The number of hydrogen-bond acceptors (Lipinski definition) is 6. The Balaban J connectivity index is 2.35. The average molecular weight is 357 g/mol. The molecule has 0 unspecified atom stereocenters. The lowest BCUT2D eigenvalue weighted by Gasteiger charge is -2.14. The van der Waals surface area contributed by atoms with Crippen LogP contribution in [-0.2, 0) is 4.74 Å². The number of anilines is 2. The van der Waals surface area contributed by atoms with Crippen molar-refractivity contribution >= 4 is 28.9 Å². The van der Waals surface area contributed by atoms with Gasteiger partial charge in [0.05, 0.1) is 17.6 Å². The maximum absolute atomic E-state index is 12.5. The third-order valence-electron chi connectivity index (χ3n) is 3.82. The highest BCUT2D eigenvalue weighted by Gasteiger charge is 2.19. The molecule has 0 saturated carbocycles.